The van der Waals surface area contributed by atoms with Crippen LogP contribution in [0.5, 0.6) is 5.75 Å². The Hall–Kier alpha value is -3.55. The standard InChI is InChI=1S/C24H29N3O5/c1-3-21(32-18-10-6-5-7-11-18)22(28)25-20-13-9-8-12-19(20)23(29)26-14-16-27(17-15-26)24(30)31-4-2/h5-13,21H,3-4,14-17H2,1-2H3,(H,25,28). The second-order valence-corrected chi connectivity index (χ2v) is 7.34. The van der Waals surface area contributed by atoms with Gasteiger partial charge in [0.2, 0.25) is 0 Å². The fourth-order valence-electron chi connectivity index (χ4n) is 3.45. The number of anilines is 1. The van der Waals surface area contributed by atoms with Crippen LogP contribution in [0.3, 0.4) is 0 Å². The highest BCUT2D eigenvalue weighted by Crippen LogP contribution is 2.20. The number of para-hydroxylation sites is 2. The van der Waals surface area contributed by atoms with Gasteiger partial charge in [0.25, 0.3) is 11.8 Å². The minimum Gasteiger partial charge on any atom is -0.481 e. The molecule has 3 rings (SSSR count). The van der Waals surface area contributed by atoms with Crippen LogP contribution in [0.2, 0.25) is 0 Å². The van der Waals surface area contributed by atoms with Crippen molar-refractivity contribution in [2.45, 2.75) is 26.4 Å². The molecule has 0 saturated carbocycles. The van der Waals surface area contributed by atoms with Crippen molar-refractivity contribution in [1.82, 2.24) is 9.80 Å². The lowest BCUT2D eigenvalue weighted by Crippen LogP contribution is -2.50. The molecule has 1 aliphatic rings. The fourth-order valence-corrected chi connectivity index (χ4v) is 3.45. The van der Waals surface area contributed by atoms with Gasteiger partial charge in [-0.15, -0.1) is 0 Å². The first kappa shape index (κ1) is 23.1. The summed E-state index contributed by atoms with van der Waals surface area (Å²) in [5.74, 6) is 0.100. The first-order chi connectivity index (χ1) is 15.5. The van der Waals surface area contributed by atoms with E-state index < -0.39 is 6.10 Å². The van der Waals surface area contributed by atoms with E-state index in [0.29, 0.717) is 56.2 Å². The third-order valence-electron chi connectivity index (χ3n) is 5.19. The van der Waals surface area contributed by atoms with Crippen molar-refractivity contribution < 1.29 is 23.9 Å². The number of benzene rings is 2. The first-order valence-electron chi connectivity index (χ1n) is 10.9. The van der Waals surface area contributed by atoms with E-state index in [1.54, 1.807) is 53.1 Å². The second-order valence-electron chi connectivity index (χ2n) is 7.34. The molecule has 1 aliphatic heterocycles. The van der Waals surface area contributed by atoms with Crippen LogP contribution in [0.1, 0.15) is 30.6 Å². The Morgan fingerprint density at radius 3 is 2.19 bits per heavy atom. The van der Waals surface area contributed by atoms with Gasteiger partial charge in [-0.25, -0.2) is 4.79 Å². The average Bonchev–Trinajstić information content (AvgIpc) is 2.83. The van der Waals surface area contributed by atoms with Crippen molar-refractivity contribution in [3.63, 3.8) is 0 Å². The number of amides is 3. The summed E-state index contributed by atoms with van der Waals surface area (Å²) >= 11 is 0. The first-order valence-corrected chi connectivity index (χ1v) is 10.9. The van der Waals surface area contributed by atoms with Crippen molar-refractivity contribution >= 4 is 23.6 Å². The second kappa shape index (κ2) is 11.2. The van der Waals surface area contributed by atoms with Gasteiger partial charge in [0.15, 0.2) is 6.10 Å². The van der Waals surface area contributed by atoms with Crippen LogP contribution in [-0.2, 0) is 9.53 Å². The van der Waals surface area contributed by atoms with Crippen molar-refractivity contribution in [3.05, 3.63) is 60.2 Å². The number of nitrogens with one attached hydrogen (secondary N) is 1. The average molecular weight is 440 g/mol. The van der Waals surface area contributed by atoms with E-state index >= 15 is 0 Å². The molecular weight excluding hydrogens is 410 g/mol. The SMILES string of the molecule is CCOC(=O)N1CCN(C(=O)c2ccccc2NC(=O)C(CC)Oc2ccccc2)CC1. The van der Waals surface area contributed by atoms with Gasteiger partial charge in [-0.3, -0.25) is 9.59 Å². The maximum absolute atomic E-state index is 13.1. The Kier molecular flexibility index (Phi) is 8.08. The Labute approximate surface area is 188 Å². The zero-order valence-corrected chi connectivity index (χ0v) is 18.5. The molecule has 2 aromatic rings. The molecule has 1 fully saturated rings. The van der Waals surface area contributed by atoms with Crippen molar-refractivity contribution in [3.8, 4) is 5.75 Å². The predicted molar refractivity (Wildman–Crippen MR) is 121 cm³/mol. The highest BCUT2D eigenvalue weighted by Gasteiger charge is 2.27. The lowest BCUT2D eigenvalue weighted by Gasteiger charge is -2.34. The maximum atomic E-state index is 13.1. The number of ether oxygens (including phenoxy) is 2. The maximum Gasteiger partial charge on any atom is 0.409 e. The summed E-state index contributed by atoms with van der Waals surface area (Å²) in [6.07, 6.45) is -0.572. The minimum atomic E-state index is -0.686. The summed E-state index contributed by atoms with van der Waals surface area (Å²) in [5, 5.41) is 2.85. The molecule has 32 heavy (non-hydrogen) atoms. The van der Waals surface area contributed by atoms with Crippen LogP contribution in [0, 0.1) is 0 Å². The summed E-state index contributed by atoms with van der Waals surface area (Å²) in [6.45, 7) is 5.55. The van der Waals surface area contributed by atoms with Crippen LogP contribution >= 0.6 is 0 Å². The third kappa shape index (κ3) is 5.78. The summed E-state index contributed by atoms with van der Waals surface area (Å²) in [6, 6.07) is 16.1. The highest BCUT2D eigenvalue weighted by atomic mass is 16.6. The fraction of sp³-hybridized carbons (Fsp3) is 0.375. The quantitative estimate of drug-likeness (QED) is 0.714. The molecule has 1 N–H and O–H groups in total. The zero-order valence-electron chi connectivity index (χ0n) is 18.5. The summed E-state index contributed by atoms with van der Waals surface area (Å²) < 4.78 is 10.8. The van der Waals surface area contributed by atoms with Gasteiger partial charge in [-0.2, -0.15) is 0 Å². The molecule has 170 valence electrons. The van der Waals surface area contributed by atoms with E-state index in [0.717, 1.165) is 0 Å². The van der Waals surface area contributed by atoms with Gasteiger partial charge in [0.1, 0.15) is 5.75 Å². The summed E-state index contributed by atoms with van der Waals surface area (Å²) in [7, 11) is 0. The van der Waals surface area contributed by atoms with E-state index in [1.807, 2.05) is 25.1 Å². The number of carbonyl (C=O) groups is 3. The van der Waals surface area contributed by atoms with E-state index in [1.165, 1.54) is 0 Å². The van der Waals surface area contributed by atoms with E-state index in [2.05, 4.69) is 5.32 Å². The topological polar surface area (TPSA) is 88.2 Å². The molecule has 1 saturated heterocycles. The van der Waals surface area contributed by atoms with Crippen LogP contribution in [0.4, 0.5) is 10.5 Å². The molecule has 1 unspecified atom stereocenters. The lowest BCUT2D eigenvalue weighted by atomic mass is 10.1. The Morgan fingerprint density at radius 2 is 1.53 bits per heavy atom. The van der Waals surface area contributed by atoms with Gasteiger partial charge in [0.05, 0.1) is 17.9 Å². The highest BCUT2D eigenvalue weighted by molar-refractivity contribution is 6.04. The van der Waals surface area contributed by atoms with E-state index in [9.17, 15) is 14.4 Å². The molecule has 0 radical (unpaired) electrons. The zero-order chi connectivity index (χ0) is 22.9. The van der Waals surface area contributed by atoms with Crippen LogP contribution in [0.25, 0.3) is 0 Å². The monoisotopic (exact) mass is 439 g/mol. The third-order valence-corrected chi connectivity index (χ3v) is 5.19. The molecule has 2 aromatic carbocycles. The predicted octanol–water partition coefficient (Wildman–Crippen LogP) is 3.40. The number of piperazine rings is 1. The molecular formula is C24H29N3O5. The largest absolute Gasteiger partial charge is 0.481 e. The summed E-state index contributed by atoms with van der Waals surface area (Å²) in [4.78, 5) is 41.2. The molecule has 1 atom stereocenters. The van der Waals surface area contributed by atoms with Crippen molar-refractivity contribution in [2.24, 2.45) is 0 Å². The number of hydrogen-bond acceptors (Lipinski definition) is 5. The molecule has 0 bridgehead atoms. The van der Waals surface area contributed by atoms with E-state index in [-0.39, 0.29) is 17.9 Å². The minimum absolute atomic E-state index is 0.193. The molecule has 0 aliphatic carbocycles. The molecule has 0 aromatic heterocycles. The Morgan fingerprint density at radius 1 is 0.906 bits per heavy atom. The number of carbonyl (C=O) groups excluding carboxylic acids is 3. The number of nitrogens with zero attached hydrogens (tertiary/aromatic N) is 2. The molecule has 0 spiro atoms. The number of rotatable bonds is 7. The van der Waals surface area contributed by atoms with Gasteiger partial charge in [-0.05, 0) is 37.6 Å². The summed E-state index contributed by atoms with van der Waals surface area (Å²) in [5.41, 5.74) is 0.838. The molecule has 8 nitrogen and oxygen atoms in total. The van der Waals surface area contributed by atoms with Gasteiger partial charge >= 0.3 is 6.09 Å². The van der Waals surface area contributed by atoms with Crippen LogP contribution in [-0.4, -0.2) is 66.6 Å². The normalized spacial score (nSPS) is 14.4. The van der Waals surface area contributed by atoms with Crippen molar-refractivity contribution in [1.29, 1.82) is 0 Å². The Balaban J connectivity index is 1.65. The molecule has 8 heteroatoms. The van der Waals surface area contributed by atoms with Gasteiger partial charge in [-0.1, -0.05) is 37.3 Å². The van der Waals surface area contributed by atoms with Crippen LogP contribution in [0.15, 0.2) is 54.6 Å². The van der Waals surface area contributed by atoms with E-state index in [4.69, 9.17) is 9.47 Å². The molecule has 1 heterocycles. The lowest BCUT2D eigenvalue weighted by molar-refractivity contribution is -0.122. The van der Waals surface area contributed by atoms with Gasteiger partial charge < -0.3 is 24.6 Å². The van der Waals surface area contributed by atoms with Crippen molar-refractivity contribution in [2.75, 3.05) is 38.1 Å². The number of hydrogen-bond donors (Lipinski definition) is 1. The molecule has 3 amide bonds. The Bertz CT molecular complexity index is 926. The van der Waals surface area contributed by atoms with Crippen LogP contribution < -0.4 is 10.1 Å². The smallest absolute Gasteiger partial charge is 0.409 e. The van der Waals surface area contributed by atoms with Gasteiger partial charge in [0, 0.05) is 26.2 Å².